The minimum atomic E-state index is -0.407. The molecule has 0 atom stereocenters. The number of carbonyl (C=O) groups excluding carboxylic acids is 1. The fourth-order valence-electron chi connectivity index (χ4n) is 2.51. The number of rotatable bonds is 5. The molecule has 5 heteroatoms. The van der Waals surface area contributed by atoms with Gasteiger partial charge in [-0.15, -0.1) is 0 Å². The number of hydrogen-bond acceptors (Lipinski definition) is 5. The average molecular weight is 338 g/mol. The molecule has 5 nitrogen and oxygen atoms in total. The molecule has 128 valence electrons. The Bertz CT molecular complexity index is 847. The average Bonchev–Trinajstić information content (AvgIpc) is 3.02. The number of carbonyl (C=O) groups is 1. The number of benzene rings is 2. The van der Waals surface area contributed by atoms with E-state index in [1.807, 2.05) is 24.3 Å². The Morgan fingerprint density at radius 3 is 2.20 bits per heavy atom. The second-order valence-corrected chi connectivity index (χ2v) is 5.33. The van der Waals surface area contributed by atoms with E-state index in [4.69, 9.17) is 18.9 Å². The number of methoxy groups -OCH3 is 3. The van der Waals surface area contributed by atoms with Crippen LogP contribution in [0.4, 0.5) is 0 Å². The standard InChI is InChI=1S/C20H18O5/c1-22-16-6-4-13(5-7-16)19-12-15(20(21)25-19)10-14-11-17(23-2)8-9-18(14)24-3/h4-12H,1-3H3/b15-10+. The fraction of sp³-hybridized carbons (Fsp3) is 0.150. The first kappa shape index (κ1) is 16.6. The van der Waals surface area contributed by atoms with Gasteiger partial charge in [-0.2, -0.15) is 0 Å². The molecule has 3 rings (SSSR count). The van der Waals surface area contributed by atoms with Gasteiger partial charge in [0.1, 0.15) is 23.0 Å². The molecular weight excluding hydrogens is 320 g/mol. The maximum atomic E-state index is 12.2. The minimum absolute atomic E-state index is 0.407. The Kier molecular flexibility index (Phi) is 4.75. The largest absolute Gasteiger partial charge is 0.497 e. The molecule has 0 saturated heterocycles. The van der Waals surface area contributed by atoms with Crippen LogP contribution in [-0.2, 0) is 9.53 Å². The van der Waals surface area contributed by atoms with Crippen molar-refractivity contribution < 1.29 is 23.7 Å². The first-order valence-electron chi connectivity index (χ1n) is 7.66. The molecule has 0 aromatic heterocycles. The molecule has 0 unspecified atom stereocenters. The molecule has 2 aromatic rings. The van der Waals surface area contributed by atoms with E-state index in [1.165, 1.54) is 0 Å². The van der Waals surface area contributed by atoms with Crippen LogP contribution < -0.4 is 14.2 Å². The Balaban J connectivity index is 1.95. The van der Waals surface area contributed by atoms with Crippen molar-refractivity contribution in [2.75, 3.05) is 21.3 Å². The van der Waals surface area contributed by atoms with Gasteiger partial charge in [0.25, 0.3) is 0 Å². The molecule has 0 bridgehead atoms. The maximum Gasteiger partial charge on any atom is 0.343 e. The van der Waals surface area contributed by atoms with Gasteiger partial charge >= 0.3 is 5.97 Å². The number of ether oxygens (including phenoxy) is 4. The summed E-state index contributed by atoms with van der Waals surface area (Å²) in [5, 5.41) is 0. The highest BCUT2D eigenvalue weighted by Gasteiger charge is 2.22. The van der Waals surface area contributed by atoms with Gasteiger partial charge in [0.2, 0.25) is 0 Å². The van der Waals surface area contributed by atoms with Crippen LogP contribution in [0.25, 0.3) is 11.8 Å². The lowest BCUT2D eigenvalue weighted by Crippen LogP contribution is -1.98. The van der Waals surface area contributed by atoms with Crippen LogP contribution in [0.5, 0.6) is 17.2 Å². The van der Waals surface area contributed by atoms with Gasteiger partial charge in [0.05, 0.1) is 26.9 Å². The first-order chi connectivity index (χ1) is 12.1. The quantitative estimate of drug-likeness (QED) is 0.615. The predicted octanol–water partition coefficient (Wildman–Crippen LogP) is 3.69. The van der Waals surface area contributed by atoms with Gasteiger partial charge in [-0.3, -0.25) is 0 Å². The summed E-state index contributed by atoms with van der Waals surface area (Å²) in [4.78, 5) is 12.2. The normalized spacial score (nSPS) is 14.9. The molecule has 0 radical (unpaired) electrons. The van der Waals surface area contributed by atoms with E-state index in [0.717, 1.165) is 16.9 Å². The lowest BCUT2D eigenvalue weighted by atomic mass is 10.1. The van der Waals surface area contributed by atoms with Gasteiger partial charge in [0, 0.05) is 11.1 Å². The molecule has 0 saturated carbocycles. The highest BCUT2D eigenvalue weighted by atomic mass is 16.5. The topological polar surface area (TPSA) is 54.0 Å². The SMILES string of the molecule is COc1ccc(C2=C/C(=C\c3cc(OC)ccc3OC)C(=O)O2)cc1. The molecule has 0 spiro atoms. The molecule has 0 N–H and O–H groups in total. The molecule has 25 heavy (non-hydrogen) atoms. The second-order valence-electron chi connectivity index (χ2n) is 5.33. The molecule has 1 aliphatic heterocycles. The monoisotopic (exact) mass is 338 g/mol. The van der Waals surface area contributed by atoms with E-state index in [1.54, 1.807) is 51.7 Å². The Morgan fingerprint density at radius 1 is 0.880 bits per heavy atom. The molecule has 0 amide bonds. The third-order valence-corrected chi connectivity index (χ3v) is 3.85. The molecule has 0 aliphatic carbocycles. The third kappa shape index (κ3) is 3.50. The molecule has 1 aliphatic rings. The van der Waals surface area contributed by atoms with Gasteiger partial charge in [-0.05, 0) is 54.6 Å². The minimum Gasteiger partial charge on any atom is -0.497 e. The summed E-state index contributed by atoms with van der Waals surface area (Å²) >= 11 is 0. The Hall–Kier alpha value is -3.21. The van der Waals surface area contributed by atoms with Crippen LogP contribution in [0.15, 0.2) is 54.1 Å². The van der Waals surface area contributed by atoms with Gasteiger partial charge in [-0.1, -0.05) is 0 Å². The number of cyclic esters (lactones) is 1. The van der Waals surface area contributed by atoms with Crippen LogP contribution in [0.1, 0.15) is 11.1 Å². The highest BCUT2D eigenvalue weighted by molar-refractivity contribution is 6.05. The van der Waals surface area contributed by atoms with Crippen molar-refractivity contribution in [3.63, 3.8) is 0 Å². The lowest BCUT2D eigenvalue weighted by Gasteiger charge is -2.07. The van der Waals surface area contributed by atoms with Crippen LogP contribution in [0, 0.1) is 0 Å². The third-order valence-electron chi connectivity index (χ3n) is 3.85. The molecule has 2 aromatic carbocycles. The van der Waals surface area contributed by atoms with Crippen molar-refractivity contribution in [3.8, 4) is 17.2 Å². The summed E-state index contributed by atoms with van der Waals surface area (Å²) < 4.78 is 21.1. The zero-order valence-corrected chi connectivity index (χ0v) is 14.2. The van der Waals surface area contributed by atoms with Gasteiger partial charge in [0.15, 0.2) is 0 Å². The van der Waals surface area contributed by atoms with Gasteiger partial charge < -0.3 is 18.9 Å². The summed E-state index contributed by atoms with van der Waals surface area (Å²) in [7, 11) is 4.77. The zero-order chi connectivity index (χ0) is 17.8. The molecule has 0 fully saturated rings. The van der Waals surface area contributed by atoms with E-state index in [-0.39, 0.29) is 0 Å². The predicted molar refractivity (Wildman–Crippen MR) is 94.6 cm³/mol. The van der Waals surface area contributed by atoms with Crippen LogP contribution in [0.2, 0.25) is 0 Å². The lowest BCUT2D eigenvalue weighted by molar-refractivity contribution is -0.130. The van der Waals surface area contributed by atoms with Crippen LogP contribution >= 0.6 is 0 Å². The summed E-state index contributed by atoms with van der Waals surface area (Å²) in [6.07, 6.45) is 3.43. The Labute approximate surface area is 146 Å². The van der Waals surface area contributed by atoms with Crippen molar-refractivity contribution in [2.24, 2.45) is 0 Å². The summed E-state index contributed by atoms with van der Waals surface area (Å²) in [6.45, 7) is 0. The van der Waals surface area contributed by atoms with Crippen molar-refractivity contribution >= 4 is 17.8 Å². The molecular formula is C20H18O5. The van der Waals surface area contributed by atoms with Gasteiger partial charge in [-0.25, -0.2) is 4.79 Å². The van der Waals surface area contributed by atoms with E-state index in [9.17, 15) is 4.79 Å². The van der Waals surface area contributed by atoms with E-state index in [0.29, 0.717) is 22.8 Å². The highest BCUT2D eigenvalue weighted by Crippen LogP contribution is 2.31. The van der Waals surface area contributed by atoms with Crippen molar-refractivity contribution in [1.29, 1.82) is 0 Å². The number of esters is 1. The fourth-order valence-corrected chi connectivity index (χ4v) is 2.51. The van der Waals surface area contributed by atoms with Crippen molar-refractivity contribution in [1.82, 2.24) is 0 Å². The van der Waals surface area contributed by atoms with E-state index < -0.39 is 5.97 Å². The van der Waals surface area contributed by atoms with Crippen molar-refractivity contribution in [3.05, 3.63) is 65.2 Å². The van der Waals surface area contributed by atoms with E-state index in [2.05, 4.69) is 0 Å². The second kappa shape index (κ2) is 7.13. The smallest absolute Gasteiger partial charge is 0.343 e. The van der Waals surface area contributed by atoms with E-state index >= 15 is 0 Å². The number of hydrogen-bond donors (Lipinski definition) is 0. The zero-order valence-electron chi connectivity index (χ0n) is 14.2. The summed E-state index contributed by atoms with van der Waals surface area (Å²) in [5.74, 6) is 2.16. The Morgan fingerprint density at radius 2 is 1.56 bits per heavy atom. The summed E-state index contributed by atoms with van der Waals surface area (Å²) in [6, 6.07) is 12.7. The van der Waals surface area contributed by atoms with Crippen molar-refractivity contribution in [2.45, 2.75) is 0 Å². The van der Waals surface area contributed by atoms with Crippen LogP contribution in [-0.4, -0.2) is 27.3 Å². The summed E-state index contributed by atoms with van der Waals surface area (Å²) in [5.41, 5.74) is 1.98. The first-order valence-corrected chi connectivity index (χ1v) is 7.66. The molecule has 1 heterocycles. The van der Waals surface area contributed by atoms with Crippen LogP contribution in [0.3, 0.4) is 0 Å². The maximum absolute atomic E-state index is 12.2.